The minimum atomic E-state index is -0.250. The Morgan fingerprint density at radius 2 is 1.70 bits per heavy atom. The van der Waals surface area contributed by atoms with Crippen LogP contribution in [0.2, 0.25) is 0 Å². The molecule has 7 heteroatoms. The molecule has 2 N–H and O–H groups in total. The minimum Gasteiger partial charge on any atom is -0.356 e. The van der Waals surface area contributed by atoms with Crippen LogP contribution in [-0.2, 0) is 17.9 Å². The lowest BCUT2D eigenvalue weighted by molar-refractivity contribution is -0.121. The van der Waals surface area contributed by atoms with Crippen LogP contribution in [0.1, 0.15) is 17.5 Å². The molecule has 0 heterocycles. The Morgan fingerprint density at radius 1 is 1.04 bits per heavy atom. The predicted octanol–water partition coefficient (Wildman–Crippen LogP) is 3.16. The maximum Gasteiger partial charge on any atom is 0.222 e. The zero-order valence-corrected chi connectivity index (χ0v) is 17.9. The Morgan fingerprint density at radius 3 is 2.33 bits per heavy atom. The first-order valence-corrected chi connectivity index (χ1v) is 8.55. The van der Waals surface area contributed by atoms with E-state index in [9.17, 15) is 9.18 Å². The van der Waals surface area contributed by atoms with Crippen LogP contribution in [0.5, 0.6) is 0 Å². The maximum absolute atomic E-state index is 13.0. The lowest BCUT2D eigenvalue weighted by Gasteiger charge is -2.22. The number of hydrogen-bond donors (Lipinski definition) is 2. The molecule has 0 radical (unpaired) electrons. The van der Waals surface area contributed by atoms with Crippen molar-refractivity contribution in [1.82, 2.24) is 15.5 Å². The fourth-order valence-corrected chi connectivity index (χ4v) is 2.50. The molecule has 0 fully saturated rings. The molecule has 0 bridgehead atoms. The third-order valence-electron chi connectivity index (χ3n) is 3.87. The van der Waals surface area contributed by atoms with Crippen LogP contribution >= 0.6 is 24.0 Å². The summed E-state index contributed by atoms with van der Waals surface area (Å²) in [5.41, 5.74) is 2.06. The molecule has 0 atom stereocenters. The molecule has 0 aliphatic heterocycles. The SMILES string of the molecule is CN=C(NCCC(=O)NCc1ccccc1)N(C)Cc1ccc(F)cc1.I. The summed E-state index contributed by atoms with van der Waals surface area (Å²) in [6.45, 7) is 1.61. The fourth-order valence-electron chi connectivity index (χ4n) is 2.50. The molecule has 0 aliphatic rings. The van der Waals surface area contributed by atoms with Gasteiger partial charge in [0.25, 0.3) is 0 Å². The van der Waals surface area contributed by atoms with Crippen molar-refractivity contribution in [2.75, 3.05) is 20.6 Å². The smallest absolute Gasteiger partial charge is 0.222 e. The normalized spacial score (nSPS) is 10.7. The molecule has 0 aromatic heterocycles. The molecule has 0 saturated heterocycles. The number of benzene rings is 2. The summed E-state index contributed by atoms with van der Waals surface area (Å²) in [7, 11) is 3.59. The Hall–Kier alpha value is -2.16. The number of guanidine groups is 1. The Bertz CT molecular complexity index is 723. The van der Waals surface area contributed by atoms with E-state index in [2.05, 4.69) is 15.6 Å². The number of carbonyl (C=O) groups is 1. The molecular weight excluding hydrogens is 458 g/mol. The van der Waals surface area contributed by atoms with Crippen molar-refractivity contribution in [2.24, 2.45) is 4.99 Å². The molecule has 0 spiro atoms. The molecule has 0 saturated carbocycles. The van der Waals surface area contributed by atoms with E-state index in [1.165, 1.54) is 12.1 Å². The fraction of sp³-hybridized carbons (Fsp3) is 0.300. The van der Waals surface area contributed by atoms with E-state index >= 15 is 0 Å². The highest BCUT2D eigenvalue weighted by atomic mass is 127. The van der Waals surface area contributed by atoms with Crippen molar-refractivity contribution in [3.63, 3.8) is 0 Å². The van der Waals surface area contributed by atoms with Crippen LogP contribution in [0.25, 0.3) is 0 Å². The molecule has 146 valence electrons. The van der Waals surface area contributed by atoms with E-state index in [-0.39, 0.29) is 35.7 Å². The first-order chi connectivity index (χ1) is 12.6. The minimum absolute atomic E-state index is 0. The van der Waals surface area contributed by atoms with E-state index in [0.717, 1.165) is 11.1 Å². The zero-order chi connectivity index (χ0) is 18.8. The summed E-state index contributed by atoms with van der Waals surface area (Å²) in [6.07, 6.45) is 0.357. The number of halogens is 2. The number of hydrogen-bond acceptors (Lipinski definition) is 2. The van der Waals surface area contributed by atoms with Gasteiger partial charge < -0.3 is 15.5 Å². The van der Waals surface area contributed by atoms with Gasteiger partial charge in [0.1, 0.15) is 5.82 Å². The van der Waals surface area contributed by atoms with Gasteiger partial charge in [-0.15, -0.1) is 24.0 Å². The van der Waals surface area contributed by atoms with Crippen LogP contribution in [0.3, 0.4) is 0 Å². The molecule has 2 rings (SSSR count). The number of nitrogens with one attached hydrogen (secondary N) is 2. The molecule has 2 aromatic carbocycles. The van der Waals surface area contributed by atoms with Gasteiger partial charge in [0, 0.05) is 40.2 Å². The second-order valence-electron chi connectivity index (χ2n) is 5.97. The Labute approximate surface area is 177 Å². The van der Waals surface area contributed by atoms with Gasteiger partial charge in [0.15, 0.2) is 5.96 Å². The molecule has 0 aliphatic carbocycles. The first-order valence-electron chi connectivity index (χ1n) is 8.55. The average Bonchev–Trinajstić information content (AvgIpc) is 2.66. The summed E-state index contributed by atoms with van der Waals surface area (Å²) < 4.78 is 13.0. The second-order valence-corrected chi connectivity index (χ2v) is 5.97. The zero-order valence-electron chi connectivity index (χ0n) is 15.6. The highest BCUT2D eigenvalue weighted by molar-refractivity contribution is 14.0. The highest BCUT2D eigenvalue weighted by Crippen LogP contribution is 2.05. The van der Waals surface area contributed by atoms with Crippen molar-refractivity contribution in [3.05, 3.63) is 71.5 Å². The van der Waals surface area contributed by atoms with Gasteiger partial charge in [-0.25, -0.2) is 4.39 Å². The Balaban J connectivity index is 0.00000364. The second kappa shape index (κ2) is 12.3. The van der Waals surface area contributed by atoms with Crippen LogP contribution in [-0.4, -0.2) is 37.4 Å². The van der Waals surface area contributed by atoms with Crippen molar-refractivity contribution in [1.29, 1.82) is 0 Å². The lowest BCUT2D eigenvalue weighted by atomic mass is 10.2. The summed E-state index contributed by atoms with van der Waals surface area (Å²) in [5, 5.41) is 6.07. The van der Waals surface area contributed by atoms with E-state index in [1.807, 2.05) is 42.3 Å². The third kappa shape index (κ3) is 8.38. The molecule has 27 heavy (non-hydrogen) atoms. The molecule has 1 amide bonds. The molecule has 0 unspecified atom stereocenters. The van der Waals surface area contributed by atoms with Crippen LogP contribution in [0.15, 0.2) is 59.6 Å². The van der Waals surface area contributed by atoms with Crippen LogP contribution < -0.4 is 10.6 Å². The van der Waals surface area contributed by atoms with Crippen LogP contribution in [0, 0.1) is 5.82 Å². The first kappa shape index (κ1) is 22.9. The summed E-state index contributed by atoms with van der Waals surface area (Å²) >= 11 is 0. The molecular formula is C20H26FIN4O. The van der Waals surface area contributed by atoms with Crippen molar-refractivity contribution >= 4 is 35.8 Å². The monoisotopic (exact) mass is 484 g/mol. The Kier molecular flexibility index (Phi) is 10.4. The quantitative estimate of drug-likeness (QED) is 0.361. The standard InChI is InChI=1S/C20H25FN4O.HI/c1-22-20(25(2)15-17-8-10-18(21)11-9-17)23-13-12-19(26)24-14-16-6-4-3-5-7-16;/h3-11H,12-15H2,1-2H3,(H,22,23)(H,24,26);1H. The summed E-state index contributed by atoms with van der Waals surface area (Å²) in [4.78, 5) is 18.1. The average molecular weight is 484 g/mol. The summed E-state index contributed by atoms with van der Waals surface area (Å²) in [6, 6.07) is 16.2. The van der Waals surface area contributed by atoms with Crippen molar-refractivity contribution in [2.45, 2.75) is 19.5 Å². The largest absolute Gasteiger partial charge is 0.356 e. The number of amides is 1. The van der Waals surface area contributed by atoms with Gasteiger partial charge in [0.2, 0.25) is 5.91 Å². The van der Waals surface area contributed by atoms with E-state index < -0.39 is 0 Å². The van der Waals surface area contributed by atoms with Gasteiger partial charge in [-0.05, 0) is 23.3 Å². The maximum atomic E-state index is 13.0. The van der Waals surface area contributed by atoms with Gasteiger partial charge in [0.05, 0.1) is 0 Å². The van der Waals surface area contributed by atoms with Gasteiger partial charge in [-0.3, -0.25) is 9.79 Å². The van der Waals surface area contributed by atoms with Gasteiger partial charge >= 0.3 is 0 Å². The topological polar surface area (TPSA) is 56.7 Å². The van der Waals surface area contributed by atoms with Crippen molar-refractivity contribution < 1.29 is 9.18 Å². The molecule has 2 aromatic rings. The van der Waals surface area contributed by atoms with Crippen LogP contribution in [0.4, 0.5) is 4.39 Å². The lowest BCUT2D eigenvalue weighted by Crippen LogP contribution is -2.40. The number of carbonyl (C=O) groups excluding carboxylic acids is 1. The van der Waals surface area contributed by atoms with E-state index in [0.29, 0.717) is 32.0 Å². The molecule has 5 nitrogen and oxygen atoms in total. The van der Waals surface area contributed by atoms with E-state index in [1.54, 1.807) is 19.2 Å². The number of aliphatic imine (C=N–C) groups is 1. The number of nitrogens with zero attached hydrogens (tertiary/aromatic N) is 2. The third-order valence-corrected chi connectivity index (χ3v) is 3.87. The predicted molar refractivity (Wildman–Crippen MR) is 118 cm³/mol. The highest BCUT2D eigenvalue weighted by Gasteiger charge is 2.08. The van der Waals surface area contributed by atoms with Gasteiger partial charge in [-0.2, -0.15) is 0 Å². The van der Waals surface area contributed by atoms with Gasteiger partial charge in [-0.1, -0.05) is 42.5 Å². The van der Waals surface area contributed by atoms with E-state index in [4.69, 9.17) is 0 Å². The van der Waals surface area contributed by atoms with Crippen molar-refractivity contribution in [3.8, 4) is 0 Å². The number of rotatable bonds is 7. The summed E-state index contributed by atoms with van der Waals surface area (Å²) in [5.74, 6) is 0.420.